The molecule has 1 rings (SSSR count). The van der Waals surface area contributed by atoms with Crippen molar-refractivity contribution in [1.29, 1.82) is 0 Å². The van der Waals surface area contributed by atoms with Gasteiger partial charge in [0.1, 0.15) is 5.82 Å². The molecule has 0 spiro atoms. The highest BCUT2D eigenvalue weighted by molar-refractivity contribution is 6.30. The number of nitrogens with zero attached hydrogens (tertiary/aromatic N) is 1. The smallest absolute Gasteiger partial charge is 0.142 e. The van der Waals surface area contributed by atoms with Gasteiger partial charge in [0.05, 0.1) is 11.6 Å². The summed E-state index contributed by atoms with van der Waals surface area (Å²) in [6.45, 7) is 7.40. The standard InChI is InChI=1S/C14H22ClFN2O/c1-3-18(7-8-19-4-2)14(10-17)11-5-6-12(15)13(16)9-11/h5-6,9,14H,3-4,7-8,10,17H2,1-2H3. The average Bonchev–Trinajstić information content (AvgIpc) is 2.41. The maximum atomic E-state index is 13.5. The summed E-state index contributed by atoms with van der Waals surface area (Å²) >= 11 is 5.70. The van der Waals surface area contributed by atoms with E-state index in [0.717, 1.165) is 18.7 Å². The van der Waals surface area contributed by atoms with Crippen molar-refractivity contribution in [2.75, 3.05) is 32.8 Å². The summed E-state index contributed by atoms with van der Waals surface area (Å²) in [7, 11) is 0. The van der Waals surface area contributed by atoms with Crippen molar-refractivity contribution in [2.45, 2.75) is 19.9 Å². The predicted molar refractivity (Wildman–Crippen MR) is 76.9 cm³/mol. The highest BCUT2D eigenvalue weighted by Gasteiger charge is 2.18. The third kappa shape index (κ3) is 4.73. The molecule has 1 atom stereocenters. The van der Waals surface area contributed by atoms with E-state index in [1.54, 1.807) is 6.07 Å². The molecular weight excluding hydrogens is 267 g/mol. The van der Waals surface area contributed by atoms with Gasteiger partial charge < -0.3 is 10.5 Å². The number of nitrogens with two attached hydrogens (primary N) is 1. The fourth-order valence-electron chi connectivity index (χ4n) is 2.08. The summed E-state index contributed by atoms with van der Waals surface area (Å²) in [5, 5.41) is 0.136. The summed E-state index contributed by atoms with van der Waals surface area (Å²) in [5.41, 5.74) is 6.69. The monoisotopic (exact) mass is 288 g/mol. The molecule has 0 aliphatic heterocycles. The molecule has 0 bridgehead atoms. The molecule has 19 heavy (non-hydrogen) atoms. The van der Waals surface area contributed by atoms with Crippen LogP contribution in [0.2, 0.25) is 5.02 Å². The molecule has 0 heterocycles. The molecule has 108 valence electrons. The van der Waals surface area contributed by atoms with Gasteiger partial charge in [-0.25, -0.2) is 4.39 Å². The van der Waals surface area contributed by atoms with Gasteiger partial charge in [-0.15, -0.1) is 0 Å². The Kier molecular flexibility index (Phi) is 7.31. The number of likely N-dealkylation sites (N-methyl/N-ethyl adjacent to an activating group) is 1. The van der Waals surface area contributed by atoms with E-state index in [1.165, 1.54) is 6.07 Å². The molecule has 0 amide bonds. The van der Waals surface area contributed by atoms with Crippen LogP contribution in [0, 0.1) is 5.82 Å². The highest BCUT2D eigenvalue weighted by Crippen LogP contribution is 2.23. The first-order chi connectivity index (χ1) is 9.13. The Hall–Kier alpha value is -0.680. The Bertz CT molecular complexity index is 390. The lowest BCUT2D eigenvalue weighted by molar-refractivity contribution is 0.0980. The SMILES string of the molecule is CCOCCN(CC)C(CN)c1ccc(Cl)c(F)c1. The van der Waals surface area contributed by atoms with Crippen LogP contribution in [0.3, 0.4) is 0 Å². The van der Waals surface area contributed by atoms with Crippen molar-refractivity contribution >= 4 is 11.6 Å². The molecule has 1 aromatic rings. The molecule has 0 aliphatic carbocycles. The van der Waals surface area contributed by atoms with Crippen molar-refractivity contribution < 1.29 is 9.13 Å². The fourth-order valence-corrected chi connectivity index (χ4v) is 2.19. The van der Waals surface area contributed by atoms with E-state index in [9.17, 15) is 4.39 Å². The molecule has 1 unspecified atom stereocenters. The van der Waals surface area contributed by atoms with Gasteiger partial charge in [-0.2, -0.15) is 0 Å². The van der Waals surface area contributed by atoms with Crippen molar-refractivity contribution in [2.24, 2.45) is 5.73 Å². The summed E-state index contributed by atoms with van der Waals surface area (Å²) in [6, 6.07) is 4.85. The van der Waals surface area contributed by atoms with Gasteiger partial charge in [-0.05, 0) is 31.2 Å². The van der Waals surface area contributed by atoms with Gasteiger partial charge in [0.2, 0.25) is 0 Å². The van der Waals surface area contributed by atoms with Crippen LogP contribution in [-0.4, -0.2) is 37.7 Å². The average molecular weight is 289 g/mol. The topological polar surface area (TPSA) is 38.5 Å². The summed E-state index contributed by atoms with van der Waals surface area (Å²) in [6.07, 6.45) is 0. The molecule has 1 aromatic carbocycles. The van der Waals surface area contributed by atoms with E-state index < -0.39 is 5.82 Å². The largest absolute Gasteiger partial charge is 0.380 e. The predicted octanol–water partition coefficient (Wildman–Crippen LogP) is 2.84. The second-order valence-corrected chi connectivity index (χ2v) is 4.66. The minimum Gasteiger partial charge on any atom is -0.380 e. The molecule has 0 saturated heterocycles. The van der Waals surface area contributed by atoms with E-state index in [4.69, 9.17) is 22.1 Å². The quantitative estimate of drug-likeness (QED) is 0.748. The Morgan fingerprint density at radius 3 is 2.68 bits per heavy atom. The molecule has 5 heteroatoms. The fraction of sp³-hybridized carbons (Fsp3) is 0.571. The lowest BCUT2D eigenvalue weighted by Gasteiger charge is -2.30. The maximum absolute atomic E-state index is 13.5. The molecule has 3 nitrogen and oxygen atoms in total. The van der Waals surface area contributed by atoms with Crippen LogP contribution in [0.25, 0.3) is 0 Å². The van der Waals surface area contributed by atoms with Crippen molar-refractivity contribution in [3.8, 4) is 0 Å². The summed E-state index contributed by atoms with van der Waals surface area (Å²) in [4.78, 5) is 2.18. The highest BCUT2D eigenvalue weighted by atomic mass is 35.5. The first-order valence-electron chi connectivity index (χ1n) is 6.60. The lowest BCUT2D eigenvalue weighted by atomic mass is 10.1. The summed E-state index contributed by atoms with van der Waals surface area (Å²) in [5.74, 6) is -0.404. The van der Waals surface area contributed by atoms with Crippen LogP contribution in [0.5, 0.6) is 0 Å². The van der Waals surface area contributed by atoms with Crippen LogP contribution in [0.1, 0.15) is 25.5 Å². The molecule has 0 aliphatic rings. The second kappa shape index (κ2) is 8.48. The Balaban J connectivity index is 2.80. The molecule has 0 saturated carbocycles. The number of benzene rings is 1. The van der Waals surface area contributed by atoms with Crippen molar-refractivity contribution in [3.63, 3.8) is 0 Å². The minimum absolute atomic E-state index is 0.0165. The van der Waals surface area contributed by atoms with Crippen LogP contribution in [0.15, 0.2) is 18.2 Å². The van der Waals surface area contributed by atoms with Gasteiger partial charge >= 0.3 is 0 Å². The van der Waals surface area contributed by atoms with E-state index >= 15 is 0 Å². The van der Waals surface area contributed by atoms with Crippen molar-refractivity contribution in [1.82, 2.24) is 4.90 Å². The van der Waals surface area contributed by atoms with Crippen LogP contribution in [0.4, 0.5) is 4.39 Å². The number of rotatable bonds is 8. The van der Waals surface area contributed by atoms with E-state index in [1.807, 2.05) is 13.0 Å². The number of ether oxygens (including phenoxy) is 1. The van der Waals surface area contributed by atoms with E-state index in [-0.39, 0.29) is 11.1 Å². The molecule has 0 fully saturated rings. The van der Waals surface area contributed by atoms with Gasteiger partial charge in [-0.3, -0.25) is 4.90 Å². The van der Waals surface area contributed by atoms with Crippen LogP contribution in [-0.2, 0) is 4.74 Å². The minimum atomic E-state index is -0.404. The Morgan fingerprint density at radius 2 is 2.16 bits per heavy atom. The summed E-state index contributed by atoms with van der Waals surface area (Å²) < 4.78 is 18.9. The van der Waals surface area contributed by atoms with Gasteiger partial charge in [0.25, 0.3) is 0 Å². The molecule has 0 aromatic heterocycles. The van der Waals surface area contributed by atoms with Gasteiger partial charge in [0.15, 0.2) is 0 Å². The molecule has 0 radical (unpaired) electrons. The number of hydrogen-bond donors (Lipinski definition) is 1. The Morgan fingerprint density at radius 1 is 1.42 bits per heavy atom. The first kappa shape index (κ1) is 16.4. The van der Waals surface area contributed by atoms with Crippen LogP contribution < -0.4 is 5.73 Å². The van der Waals surface area contributed by atoms with Crippen LogP contribution >= 0.6 is 11.6 Å². The zero-order valence-electron chi connectivity index (χ0n) is 11.5. The third-order valence-electron chi connectivity index (χ3n) is 3.13. The van der Waals surface area contributed by atoms with Gasteiger partial charge in [0, 0.05) is 25.7 Å². The Labute approximate surface area is 119 Å². The third-order valence-corrected chi connectivity index (χ3v) is 3.43. The lowest BCUT2D eigenvalue weighted by Crippen LogP contribution is -2.36. The van der Waals surface area contributed by atoms with E-state index in [0.29, 0.717) is 19.8 Å². The number of hydrogen-bond acceptors (Lipinski definition) is 3. The number of halogens is 2. The first-order valence-corrected chi connectivity index (χ1v) is 6.98. The van der Waals surface area contributed by atoms with E-state index in [2.05, 4.69) is 11.8 Å². The molecular formula is C14H22ClFN2O. The molecule has 2 N–H and O–H groups in total. The normalized spacial score (nSPS) is 12.9. The van der Waals surface area contributed by atoms with Crippen molar-refractivity contribution in [3.05, 3.63) is 34.6 Å². The van der Waals surface area contributed by atoms with Gasteiger partial charge in [-0.1, -0.05) is 24.6 Å². The zero-order chi connectivity index (χ0) is 14.3. The second-order valence-electron chi connectivity index (χ2n) is 4.25. The maximum Gasteiger partial charge on any atom is 0.142 e. The zero-order valence-corrected chi connectivity index (χ0v) is 12.3.